The predicted octanol–water partition coefficient (Wildman–Crippen LogP) is 0.624. The minimum absolute atomic E-state index is 0.00355. The molecule has 0 aliphatic carbocycles. The maximum atomic E-state index is 11.0. The van der Waals surface area contributed by atoms with Crippen LogP contribution in [-0.2, 0) is 4.79 Å². The van der Waals surface area contributed by atoms with Crippen molar-refractivity contribution in [2.45, 2.75) is 26.8 Å². The second kappa shape index (κ2) is 6.34. The van der Waals surface area contributed by atoms with Gasteiger partial charge in [0.25, 0.3) is 0 Å². The molecule has 0 radical (unpaired) electrons. The summed E-state index contributed by atoms with van der Waals surface area (Å²) in [4.78, 5) is 24.5. The lowest BCUT2D eigenvalue weighted by molar-refractivity contribution is -0.116. The Balaban J connectivity index is 3.06. The minimum atomic E-state index is -0.474. The number of ether oxygens (including phenoxy) is 1. The zero-order valence-electron chi connectivity index (χ0n) is 10.6. The first kappa shape index (κ1) is 14.4. The number of hydrogen-bond acceptors (Lipinski definition) is 6. The Bertz CT molecular complexity index is 427. The van der Waals surface area contributed by atoms with Crippen molar-refractivity contribution in [1.82, 2.24) is 15.0 Å². The molecule has 2 N–H and O–H groups in total. The van der Waals surface area contributed by atoms with Crippen molar-refractivity contribution >= 4 is 23.5 Å². The van der Waals surface area contributed by atoms with E-state index in [1.54, 1.807) is 11.8 Å². The second-order valence-electron chi connectivity index (χ2n) is 3.81. The quantitative estimate of drug-likeness (QED) is 0.817. The largest absolute Gasteiger partial charge is 0.464 e. The average Bonchev–Trinajstić information content (AvgIpc) is 2.24. The van der Waals surface area contributed by atoms with Crippen molar-refractivity contribution in [3.8, 4) is 6.01 Å². The first-order valence-electron chi connectivity index (χ1n) is 5.53. The summed E-state index contributed by atoms with van der Waals surface area (Å²) >= 11 is 5.79. The van der Waals surface area contributed by atoms with E-state index in [0.29, 0.717) is 6.61 Å². The fourth-order valence-electron chi connectivity index (χ4n) is 1.30. The number of carbonyl (C=O) groups excluding carboxylic acids is 1. The number of aromatic nitrogens is 3. The van der Waals surface area contributed by atoms with Crippen LogP contribution in [-0.4, -0.2) is 40.1 Å². The van der Waals surface area contributed by atoms with Gasteiger partial charge in [0, 0.05) is 6.04 Å². The van der Waals surface area contributed by atoms with Crippen molar-refractivity contribution in [3.63, 3.8) is 0 Å². The summed E-state index contributed by atoms with van der Waals surface area (Å²) in [6, 6.07) is 0.119. The van der Waals surface area contributed by atoms with Crippen LogP contribution in [0.15, 0.2) is 0 Å². The monoisotopic (exact) mass is 273 g/mol. The molecule has 18 heavy (non-hydrogen) atoms. The van der Waals surface area contributed by atoms with Crippen LogP contribution < -0.4 is 15.4 Å². The Labute approximate surface area is 110 Å². The lowest BCUT2D eigenvalue weighted by Gasteiger charge is -2.25. The maximum Gasteiger partial charge on any atom is 0.322 e. The third kappa shape index (κ3) is 3.99. The molecule has 0 unspecified atom stereocenters. The van der Waals surface area contributed by atoms with E-state index in [1.165, 1.54) is 0 Å². The third-order valence-electron chi connectivity index (χ3n) is 2.06. The molecule has 1 aromatic rings. The zero-order valence-corrected chi connectivity index (χ0v) is 11.3. The Morgan fingerprint density at radius 1 is 1.44 bits per heavy atom. The number of nitrogens with zero attached hydrogens (tertiary/aromatic N) is 4. The number of carbonyl (C=O) groups is 1. The van der Waals surface area contributed by atoms with Gasteiger partial charge >= 0.3 is 6.01 Å². The molecule has 0 spiro atoms. The highest BCUT2D eigenvalue weighted by atomic mass is 35.5. The van der Waals surface area contributed by atoms with Crippen LogP contribution in [0.2, 0.25) is 5.28 Å². The highest BCUT2D eigenvalue weighted by molar-refractivity contribution is 6.28. The summed E-state index contributed by atoms with van der Waals surface area (Å²) in [5.74, 6) is -0.203. The van der Waals surface area contributed by atoms with Crippen LogP contribution in [0.25, 0.3) is 0 Å². The van der Waals surface area contributed by atoms with E-state index >= 15 is 0 Å². The highest BCUT2D eigenvalue weighted by Gasteiger charge is 2.18. The summed E-state index contributed by atoms with van der Waals surface area (Å²) in [6.45, 7) is 6.00. The molecule has 1 rings (SSSR count). The third-order valence-corrected chi connectivity index (χ3v) is 2.22. The summed E-state index contributed by atoms with van der Waals surface area (Å²) in [5, 5.41) is 0.0126. The standard InChI is InChI=1S/C10H16ClN5O2/c1-4-18-10-14-8(11)13-9(15-10)16(6(2)3)5-7(12)17/h6H,4-5H2,1-3H3,(H2,12,17). The first-order valence-corrected chi connectivity index (χ1v) is 5.91. The molecule has 0 aliphatic rings. The van der Waals surface area contributed by atoms with E-state index in [1.807, 2.05) is 13.8 Å². The SMILES string of the molecule is CCOc1nc(Cl)nc(N(CC(N)=O)C(C)C)n1. The van der Waals surface area contributed by atoms with Gasteiger partial charge in [-0.2, -0.15) is 15.0 Å². The zero-order chi connectivity index (χ0) is 13.7. The van der Waals surface area contributed by atoms with Crippen LogP contribution in [0.1, 0.15) is 20.8 Å². The van der Waals surface area contributed by atoms with E-state index in [4.69, 9.17) is 22.1 Å². The number of rotatable bonds is 6. The lowest BCUT2D eigenvalue weighted by atomic mass is 10.3. The summed E-state index contributed by atoms with van der Waals surface area (Å²) in [6.07, 6.45) is 0. The molecule has 0 saturated carbocycles. The van der Waals surface area contributed by atoms with Crippen molar-refractivity contribution in [2.24, 2.45) is 5.73 Å². The fourth-order valence-corrected chi connectivity index (χ4v) is 1.44. The molecule has 1 amide bonds. The van der Waals surface area contributed by atoms with Crippen molar-refractivity contribution in [2.75, 3.05) is 18.1 Å². The van der Waals surface area contributed by atoms with E-state index in [0.717, 1.165) is 0 Å². The Morgan fingerprint density at radius 3 is 2.61 bits per heavy atom. The number of primary amides is 1. The average molecular weight is 274 g/mol. The molecular formula is C10H16ClN5O2. The van der Waals surface area contributed by atoms with Gasteiger partial charge in [-0.25, -0.2) is 0 Å². The van der Waals surface area contributed by atoms with E-state index in [9.17, 15) is 4.79 Å². The van der Waals surface area contributed by atoms with Gasteiger partial charge in [-0.15, -0.1) is 0 Å². The maximum absolute atomic E-state index is 11.0. The fraction of sp³-hybridized carbons (Fsp3) is 0.600. The number of amides is 1. The molecule has 100 valence electrons. The van der Waals surface area contributed by atoms with Crippen LogP contribution in [0.3, 0.4) is 0 Å². The van der Waals surface area contributed by atoms with Gasteiger partial charge in [-0.3, -0.25) is 4.79 Å². The van der Waals surface area contributed by atoms with Gasteiger partial charge in [0.15, 0.2) is 0 Å². The molecule has 0 fully saturated rings. The highest BCUT2D eigenvalue weighted by Crippen LogP contribution is 2.16. The van der Waals surface area contributed by atoms with Gasteiger partial charge in [0.05, 0.1) is 13.2 Å². The number of nitrogens with two attached hydrogens (primary N) is 1. The van der Waals surface area contributed by atoms with Gasteiger partial charge in [0.1, 0.15) is 0 Å². The van der Waals surface area contributed by atoms with E-state index in [-0.39, 0.29) is 29.8 Å². The summed E-state index contributed by atoms with van der Waals surface area (Å²) in [5.41, 5.74) is 5.19. The van der Waals surface area contributed by atoms with Crippen LogP contribution in [0.4, 0.5) is 5.95 Å². The van der Waals surface area contributed by atoms with Gasteiger partial charge in [-0.05, 0) is 32.4 Å². The number of anilines is 1. The van der Waals surface area contributed by atoms with Crippen molar-refractivity contribution in [3.05, 3.63) is 5.28 Å². The first-order chi connectivity index (χ1) is 8.43. The lowest BCUT2D eigenvalue weighted by Crippen LogP contribution is -2.39. The van der Waals surface area contributed by atoms with Crippen LogP contribution in [0, 0.1) is 0 Å². The van der Waals surface area contributed by atoms with Crippen LogP contribution >= 0.6 is 11.6 Å². The van der Waals surface area contributed by atoms with E-state index < -0.39 is 5.91 Å². The Hall–Kier alpha value is -1.63. The molecule has 0 saturated heterocycles. The Morgan fingerprint density at radius 2 is 2.11 bits per heavy atom. The van der Waals surface area contributed by atoms with Crippen molar-refractivity contribution < 1.29 is 9.53 Å². The van der Waals surface area contributed by atoms with Gasteiger partial charge in [-0.1, -0.05) is 0 Å². The molecule has 1 heterocycles. The van der Waals surface area contributed by atoms with Gasteiger partial charge < -0.3 is 15.4 Å². The Kier molecular flexibility index (Phi) is 5.08. The molecule has 7 nitrogen and oxygen atoms in total. The number of halogens is 1. The molecule has 0 aromatic carbocycles. The molecule has 0 atom stereocenters. The number of hydrogen-bond donors (Lipinski definition) is 1. The van der Waals surface area contributed by atoms with Gasteiger partial charge in [0.2, 0.25) is 17.1 Å². The summed E-state index contributed by atoms with van der Waals surface area (Å²) < 4.78 is 5.17. The van der Waals surface area contributed by atoms with E-state index in [2.05, 4.69) is 15.0 Å². The molecule has 0 bridgehead atoms. The molecule has 0 aliphatic heterocycles. The normalized spacial score (nSPS) is 10.5. The van der Waals surface area contributed by atoms with Crippen LogP contribution in [0.5, 0.6) is 6.01 Å². The minimum Gasteiger partial charge on any atom is -0.464 e. The molecule has 1 aromatic heterocycles. The predicted molar refractivity (Wildman–Crippen MR) is 67.7 cm³/mol. The topological polar surface area (TPSA) is 94.2 Å². The van der Waals surface area contributed by atoms with Crippen molar-refractivity contribution in [1.29, 1.82) is 0 Å². The molecule has 8 heteroatoms. The second-order valence-corrected chi connectivity index (χ2v) is 4.15. The smallest absolute Gasteiger partial charge is 0.322 e. The molecular weight excluding hydrogens is 258 g/mol. The summed E-state index contributed by atoms with van der Waals surface area (Å²) in [7, 11) is 0.